The van der Waals surface area contributed by atoms with Gasteiger partial charge in [-0.25, -0.2) is 9.38 Å². The van der Waals surface area contributed by atoms with Crippen LogP contribution in [0.15, 0.2) is 86.8 Å². The molecule has 0 saturated heterocycles. The van der Waals surface area contributed by atoms with Crippen LogP contribution < -0.4 is 0 Å². The van der Waals surface area contributed by atoms with E-state index < -0.39 is 5.82 Å². The van der Waals surface area contributed by atoms with E-state index >= 15 is 0 Å². The Balaban J connectivity index is 1.98. The van der Waals surface area contributed by atoms with Crippen LogP contribution in [-0.2, 0) is 4.79 Å². The number of thioether (sulfide) groups is 1. The minimum atomic E-state index is -0.425. The lowest BCUT2D eigenvalue weighted by Gasteiger charge is -2.10. The van der Waals surface area contributed by atoms with Crippen LogP contribution in [0.5, 0.6) is 0 Å². The van der Waals surface area contributed by atoms with Crippen LogP contribution in [-0.4, -0.2) is 12.0 Å². The summed E-state index contributed by atoms with van der Waals surface area (Å²) in [6.07, 6.45) is 6.95. The van der Waals surface area contributed by atoms with E-state index in [9.17, 15) is 9.18 Å². The summed E-state index contributed by atoms with van der Waals surface area (Å²) in [5.74, 6) is -0.425. The number of allylic oxidation sites excluding steroid dienone is 5. The quantitative estimate of drug-likeness (QED) is 0.622. The molecular weight excluding hydrogens is 369 g/mol. The van der Waals surface area contributed by atoms with E-state index in [2.05, 4.69) is 0 Å². The molecule has 0 bridgehead atoms. The lowest BCUT2D eigenvalue weighted by Crippen LogP contribution is -2.07. The van der Waals surface area contributed by atoms with Crippen molar-refractivity contribution < 1.29 is 9.18 Å². The number of carbonyl (C=O) groups excluding carboxylic acids is 1. The molecule has 2 aliphatic rings. The zero-order chi connectivity index (χ0) is 18.1. The molecule has 128 valence electrons. The van der Waals surface area contributed by atoms with Crippen LogP contribution in [0.25, 0.3) is 0 Å². The molecule has 0 aromatic heterocycles. The summed E-state index contributed by atoms with van der Waals surface area (Å²) >= 11 is 7.51. The minimum Gasteiger partial charge on any atom is -0.298 e. The van der Waals surface area contributed by atoms with Crippen LogP contribution in [0.3, 0.4) is 0 Å². The van der Waals surface area contributed by atoms with Crippen molar-refractivity contribution >= 4 is 35.4 Å². The molecule has 4 rings (SSSR count). The van der Waals surface area contributed by atoms with Crippen molar-refractivity contribution in [2.45, 2.75) is 11.3 Å². The van der Waals surface area contributed by atoms with E-state index in [0.717, 1.165) is 21.7 Å². The fraction of sp³-hybridized carbons (Fsp3) is 0.0476. The smallest absolute Gasteiger partial charge is 0.150 e. The Morgan fingerprint density at radius 2 is 2.00 bits per heavy atom. The van der Waals surface area contributed by atoms with Gasteiger partial charge in [-0.1, -0.05) is 53.7 Å². The highest BCUT2D eigenvalue weighted by Gasteiger charge is 2.22. The molecule has 26 heavy (non-hydrogen) atoms. The van der Waals surface area contributed by atoms with Crippen LogP contribution >= 0.6 is 23.4 Å². The van der Waals surface area contributed by atoms with Gasteiger partial charge in [0.05, 0.1) is 11.4 Å². The molecule has 5 heteroatoms. The second-order valence-corrected chi connectivity index (χ2v) is 7.43. The maximum Gasteiger partial charge on any atom is 0.150 e. The molecule has 1 aliphatic heterocycles. The van der Waals surface area contributed by atoms with Gasteiger partial charge in [0.2, 0.25) is 0 Å². The third kappa shape index (κ3) is 3.18. The van der Waals surface area contributed by atoms with Crippen LogP contribution in [0.1, 0.15) is 17.5 Å². The number of halogens is 2. The lowest BCUT2D eigenvalue weighted by atomic mass is 10.0. The summed E-state index contributed by atoms with van der Waals surface area (Å²) in [5, 5.41) is 0.338. The molecule has 0 saturated carbocycles. The van der Waals surface area contributed by atoms with Crippen molar-refractivity contribution in [3.63, 3.8) is 0 Å². The maximum atomic E-state index is 14.6. The van der Waals surface area contributed by atoms with E-state index in [4.69, 9.17) is 16.6 Å². The normalized spacial score (nSPS) is 16.1. The summed E-state index contributed by atoms with van der Waals surface area (Å²) in [6.45, 7) is 0. The van der Waals surface area contributed by atoms with Crippen molar-refractivity contribution in [1.82, 2.24) is 0 Å². The van der Waals surface area contributed by atoms with Crippen LogP contribution in [0.2, 0.25) is 5.02 Å². The monoisotopic (exact) mass is 381 g/mol. The zero-order valence-corrected chi connectivity index (χ0v) is 15.2. The van der Waals surface area contributed by atoms with Crippen molar-refractivity contribution in [1.29, 1.82) is 0 Å². The highest BCUT2D eigenvalue weighted by molar-refractivity contribution is 8.03. The van der Waals surface area contributed by atoms with Crippen LogP contribution in [0, 0.1) is 5.82 Å². The fourth-order valence-electron chi connectivity index (χ4n) is 2.91. The summed E-state index contributed by atoms with van der Waals surface area (Å²) in [4.78, 5) is 18.1. The fourth-order valence-corrected chi connectivity index (χ4v) is 4.14. The SMILES string of the molecule is O=CC1=CC2=C(CC=C1)Sc1ccccc1C(c1ccc(Cl)cc1F)=N2. The third-order valence-electron chi connectivity index (χ3n) is 4.13. The molecule has 2 nitrogen and oxygen atoms in total. The Labute approximate surface area is 159 Å². The zero-order valence-electron chi connectivity index (χ0n) is 13.6. The van der Waals surface area contributed by atoms with Gasteiger partial charge in [-0.3, -0.25) is 4.79 Å². The van der Waals surface area contributed by atoms with Crippen LogP contribution in [0.4, 0.5) is 4.39 Å². The van der Waals surface area contributed by atoms with E-state index in [-0.39, 0.29) is 0 Å². The predicted octanol–water partition coefficient (Wildman–Crippen LogP) is 5.72. The number of nitrogens with zero attached hydrogens (tertiary/aromatic N) is 1. The number of rotatable bonds is 2. The summed E-state index contributed by atoms with van der Waals surface area (Å²) in [7, 11) is 0. The topological polar surface area (TPSA) is 29.4 Å². The summed E-state index contributed by atoms with van der Waals surface area (Å²) in [5.41, 5.74) is 3.01. The molecule has 1 heterocycles. The highest BCUT2D eigenvalue weighted by Crippen LogP contribution is 2.40. The van der Waals surface area contributed by atoms with Gasteiger partial charge in [0, 0.05) is 31.5 Å². The molecule has 0 amide bonds. The average Bonchev–Trinajstić information content (AvgIpc) is 2.91. The molecule has 0 atom stereocenters. The molecular formula is C21H13ClFNOS. The Bertz CT molecular complexity index is 1040. The molecule has 2 aromatic rings. The lowest BCUT2D eigenvalue weighted by molar-refractivity contribution is -0.104. The molecule has 0 fully saturated rings. The average molecular weight is 382 g/mol. The number of aliphatic imine (C=N–C) groups is 1. The molecule has 0 radical (unpaired) electrons. The Hall–Kier alpha value is -2.43. The van der Waals surface area contributed by atoms with Crippen molar-refractivity contribution in [3.05, 3.63) is 98.8 Å². The molecule has 2 aromatic carbocycles. The largest absolute Gasteiger partial charge is 0.298 e. The first-order valence-electron chi connectivity index (χ1n) is 8.03. The van der Waals surface area contributed by atoms with Gasteiger partial charge in [0.1, 0.15) is 12.1 Å². The molecule has 1 aliphatic carbocycles. The molecule has 0 spiro atoms. The van der Waals surface area contributed by atoms with Crippen molar-refractivity contribution in [2.24, 2.45) is 4.99 Å². The number of hydrogen-bond acceptors (Lipinski definition) is 3. The van der Waals surface area contributed by atoms with Crippen molar-refractivity contribution in [3.8, 4) is 0 Å². The van der Waals surface area contributed by atoms with Gasteiger partial charge in [-0.05, 0) is 36.8 Å². The summed E-state index contributed by atoms with van der Waals surface area (Å²) < 4.78 is 14.6. The van der Waals surface area contributed by atoms with E-state index in [1.165, 1.54) is 6.07 Å². The standard InChI is InChI=1S/C21H13ClFNOS/c22-14-8-9-15(17(23)11-14)21-16-5-1-2-6-19(16)26-20-7-3-4-13(12-25)10-18(20)24-21/h1-6,8-12H,7H2. The van der Waals surface area contributed by atoms with E-state index in [1.807, 2.05) is 30.3 Å². The number of hydrogen-bond donors (Lipinski definition) is 0. The number of carbonyl (C=O) groups is 1. The summed E-state index contributed by atoms with van der Waals surface area (Å²) in [6, 6.07) is 12.4. The van der Waals surface area contributed by atoms with Crippen molar-refractivity contribution in [2.75, 3.05) is 0 Å². The van der Waals surface area contributed by atoms with Gasteiger partial charge in [-0.15, -0.1) is 0 Å². The predicted molar refractivity (Wildman–Crippen MR) is 104 cm³/mol. The van der Waals surface area contributed by atoms with Gasteiger partial charge in [0.25, 0.3) is 0 Å². The second-order valence-electron chi connectivity index (χ2n) is 5.86. The first-order valence-corrected chi connectivity index (χ1v) is 9.23. The molecule has 0 unspecified atom stereocenters. The van der Waals surface area contributed by atoms with Gasteiger partial charge < -0.3 is 0 Å². The van der Waals surface area contributed by atoms with E-state index in [0.29, 0.717) is 34.0 Å². The Kier molecular flexibility index (Phi) is 4.62. The first kappa shape index (κ1) is 17.0. The molecule has 0 N–H and O–H groups in total. The van der Waals surface area contributed by atoms with Gasteiger partial charge >= 0.3 is 0 Å². The van der Waals surface area contributed by atoms with Gasteiger partial charge in [-0.2, -0.15) is 0 Å². The Morgan fingerprint density at radius 1 is 1.15 bits per heavy atom. The second kappa shape index (κ2) is 7.06. The third-order valence-corrected chi connectivity index (χ3v) is 5.57. The van der Waals surface area contributed by atoms with E-state index in [1.54, 1.807) is 36.0 Å². The number of benzene rings is 2. The van der Waals surface area contributed by atoms with Gasteiger partial charge in [0.15, 0.2) is 0 Å². The highest BCUT2D eigenvalue weighted by atomic mass is 35.5. The number of aldehydes is 1. The minimum absolute atomic E-state index is 0.338. The maximum absolute atomic E-state index is 14.6. The number of fused-ring (bicyclic) bond motifs is 1. The first-order chi connectivity index (χ1) is 12.7. The Morgan fingerprint density at radius 3 is 2.81 bits per heavy atom.